The first-order chi connectivity index (χ1) is 12.6. The average molecular weight is 350 g/mol. The summed E-state index contributed by atoms with van der Waals surface area (Å²) in [5.41, 5.74) is 2.39. The van der Waals surface area contributed by atoms with Crippen molar-refractivity contribution in [2.75, 3.05) is 18.0 Å². The number of anilines is 1. The molecule has 7 nitrogen and oxygen atoms in total. The van der Waals surface area contributed by atoms with Gasteiger partial charge in [0.15, 0.2) is 5.69 Å². The lowest BCUT2D eigenvalue weighted by Crippen LogP contribution is -2.17. The molecule has 4 rings (SSSR count). The topological polar surface area (TPSA) is 101 Å². The number of azo groups is 1. The standard InChI is InChI=1S/C19H18N4O3/c24-14-6-3-12(4-7-14)18(25)22-21-17-15-8-5-13(23-9-1-2-10-23)11-16(15)20-19(17)26/h3-8,11,20,24,26H,1-2,9-10H2. The van der Waals surface area contributed by atoms with E-state index in [2.05, 4.69) is 20.1 Å². The molecular weight excluding hydrogens is 332 g/mol. The van der Waals surface area contributed by atoms with Gasteiger partial charge in [-0.3, -0.25) is 4.79 Å². The fourth-order valence-corrected chi connectivity index (χ4v) is 3.19. The predicted molar refractivity (Wildman–Crippen MR) is 98.4 cm³/mol. The minimum atomic E-state index is -0.549. The Kier molecular flexibility index (Phi) is 4.04. The van der Waals surface area contributed by atoms with Crippen molar-refractivity contribution in [2.45, 2.75) is 12.8 Å². The molecule has 132 valence electrons. The van der Waals surface area contributed by atoms with Crippen LogP contribution in [0.3, 0.4) is 0 Å². The van der Waals surface area contributed by atoms with Crippen LogP contribution in [0.25, 0.3) is 10.9 Å². The molecule has 0 bridgehead atoms. The molecule has 1 aromatic heterocycles. The zero-order valence-corrected chi connectivity index (χ0v) is 14.0. The van der Waals surface area contributed by atoms with E-state index in [0.717, 1.165) is 24.3 Å². The molecule has 26 heavy (non-hydrogen) atoms. The fraction of sp³-hybridized carbons (Fsp3) is 0.211. The van der Waals surface area contributed by atoms with E-state index in [0.29, 0.717) is 10.9 Å². The van der Waals surface area contributed by atoms with Crippen LogP contribution in [0.15, 0.2) is 52.7 Å². The Labute approximate surface area is 149 Å². The molecule has 0 aliphatic carbocycles. The van der Waals surface area contributed by atoms with E-state index in [4.69, 9.17) is 0 Å². The van der Waals surface area contributed by atoms with Crippen LogP contribution in [-0.2, 0) is 0 Å². The molecule has 0 unspecified atom stereocenters. The van der Waals surface area contributed by atoms with Gasteiger partial charge in [0, 0.05) is 29.7 Å². The molecule has 2 aromatic carbocycles. The Bertz CT molecular complexity index is 986. The van der Waals surface area contributed by atoms with Crippen LogP contribution in [0.5, 0.6) is 11.6 Å². The minimum absolute atomic E-state index is 0.0709. The number of aromatic hydroxyl groups is 2. The lowest BCUT2D eigenvalue weighted by molar-refractivity contribution is 0.0995. The Hall–Kier alpha value is -3.35. The number of nitrogens with one attached hydrogen (secondary N) is 1. The first-order valence-electron chi connectivity index (χ1n) is 8.46. The van der Waals surface area contributed by atoms with E-state index in [1.165, 1.54) is 37.1 Å². The number of carbonyl (C=O) groups is 1. The predicted octanol–water partition coefficient (Wildman–Crippen LogP) is 4.10. The highest BCUT2D eigenvalue weighted by atomic mass is 16.3. The minimum Gasteiger partial charge on any atom is -0.508 e. The molecule has 3 aromatic rings. The van der Waals surface area contributed by atoms with Crippen LogP contribution in [-0.4, -0.2) is 34.2 Å². The number of carbonyl (C=O) groups excluding carboxylic acids is 1. The zero-order chi connectivity index (χ0) is 18.1. The number of phenolic OH excluding ortho intramolecular Hbond substituents is 1. The Morgan fingerprint density at radius 2 is 1.77 bits per heavy atom. The second kappa shape index (κ2) is 6.51. The smallest absolute Gasteiger partial charge is 0.295 e. The van der Waals surface area contributed by atoms with Gasteiger partial charge in [0.2, 0.25) is 5.88 Å². The van der Waals surface area contributed by atoms with Crippen molar-refractivity contribution in [2.24, 2.45) is 10.2 Å². The largest absolute Gasteiger partial charge is 0.508 e. The Balaban J connectivity index is 1.62. The summed E-state index contributed by atoms with van der Waals surface area (Å²) >= 11 is 0. The molecule has 1 saturated heterocycles. The maximum Gasteiger partial charge on any atom is 0.295 e. The van der Waals surface area contributed by atoms with Crippen molar-refractivity contribution in [1.29, 1.82) is 0 Å². The van der Waals surface area contributed by atoms with E-state index < -0.39 is 5.91 Å². The van der Waals surface area contributed by atoms with Crippen LogP contribution < -0.4 is 4.90 Å². The second-order valence-corrected chi connectivity index (χ2v) is 6.30. The van der Waals surface area contributed by atoms with Crippen molar-refractivity contribution >= 4 is 28.2 Å². The number of nitrogens with zero attached hydrogens (tertiary/aromatic N) is 3. The fourth-order valence-electron chi connectivity index (χ4n) is 3.19. The molecule has 0 spiro atoms. The third-order valence-corrected chi connectivity index (χ3v) is 4.56. The number of phenols is 1. The first-order valence-corrected chi connectivity index (χ1v) is 8.46. The van der Waals surface area contributed by atoms with Crippen molar-refractivity contribution in [1.82, 2.24) is 4.98 Å². The summed E-state index contributed by atoms with van der Waals surface area (Å²) in [6.07, 6.45) is 2.37. The van der Waals surface area contributed by atoms with E-state index in [1.807, 2.05) is 18.2 Å². The van der Waals surface area contributed by atoms with Gasteiger partial charge in [0.25, 0.3) is 5.91 Å². The van der Waals surface area contributed by atoms with E-state index in [1.54, 1.807) is 0 Å². The second-order valence-electron chi connectivity index (χ2n) is 6.30. The molecular formula is C19H18N4O3. The number of hydrogen-bond donors (Lipinski definition) is 3. The summed E-state index contributed by atoms with van der Waals surface area (Å²) in [4.78, 5) is 17.3. The van der Waals surface area contributed by atoms with Crippen molar-refractivity contribution in [3.8, 4) is 11.6 Å². The van der Waals surface area contributed by atoms with Gasteiger partial charge in [0.1, 0.15) is 5.75 Å². The molecule has 1 aliphatic heterocycles. The number of fused-ring (bicyclic) bond motifs is 1. The summed E-state index contributed by atoms with van der Waals surface area (Å²) in [7, 11) is 0. The summed E-state index contributed by atoms with van der Waals surface area (Å²) in [6, 6.07) is 11.6. The molecule has 3 N–H and O–H groups in total. The molecule has 2 heterocycles. The maximum absolute atomic E-state index is 12.1. The van der Waals surface area contributed by atoms with Gasteiger partial charge in [-0.05, 0) is 55.3 Å². The Morgan fingerprint density at radius 1 is 1.04 bits per heavy atom. The van der Waals surface area contributed by atoms with Crippen LogP contribution in [0.1, 0.15) is 23.2 Å². The number of aromatic amines is 1. The third-order valence-electron chi connectivity index (χ3n) is 4.56. The van der Waals surface area contributed by atoms with Crippen molar-refractivity contribution < 1.29 is 15.0 Å². The summed E-state index contributed by atoms with van der Waals surface area (Å²) in [5, 5.41) is 27.7. The van der Waals surface area contributed by atoms with Gasteiger partial charge in [-0.25, -0.2) is 0 Å². The number of benzene rings is 2. The van der Waals surface area contributed by atoms with Gasteiger partial charge in [-0.2, -0.15) is 0 Å². The molecule has 7 heteroatoms. The highest BCUT2D eigenvalue weighted by molar-refractivity contribution is 5.98. The lowest BCUT2D eigenvalue weighted by atomic mass is 10.2. The SMILES string of the molecule is O=C(N=Nc1c(O)[nH]c2cc(N3CCCC3)ccc12)c1ccc(O)cc1. The molecule has 1 fully saturated rings. The molecule has 1 aliphatic rings. The highest BCUT2D eigenvalue weighted by Crippen LogP contribution is 2.37. The lowest BCUT2D eigenvalue weighted by Gasteiger charge is -2.17. The van der Waals surface area contributed by atoms with Gasteiger partial charge < -0.3 is 20.1 Å². The maximum atomic E-state index is 12.1. The van der Waals surface area contributed by atoms with Gasteiger partial charge in [-0.15, -0.1) is 10.2 Å². The number of rotatable bonds is 3. The molecule has 0 saturated carbocycles. The highest BCUT2D eigenvalue weighted by Gasteiger charge is 2.16. The number of aromatic nitrogens is 1. The average Bonchev–Trinajstić information content (AvgIpc) is 3.27. The molecule has 0 radical (unpaired) electrons. The number of H-pyrrole nitrogens is 1. The molecule has 0 atom stereocenters. The number of hydrogen-bond acceptors (Lipinski definition) is 5. The van der Waals surface area contributed by atoms with Crippen LogP contribution >= 0.6 is 0 Å². The zero-order valence-electron chi connectivity index (χ0n) is 14.0. The number of amides is 1. The Morgan fingerprint density at radius 3 is 2.50 bits per heavy atom. The first kappa shape index (κ1) is 16.1. The van der Waals surface area contributed by atoms with E-state index in [9.17, 15) is 15.0 Å². The van der Waals surface area contributed by atoms with Crippen LogP contribution in [0.4, 0.5) is 11.4 Å². The summed E-state index contributed by atoms with van der Waals surface area (Å²) in [6.45, 7) is 2.07. The third kappa shape index (κ3) is 2.99. The van der Waals surface area contributed by atoms with Gasteiger partial charge in [0.05, 0.1) is 5.52 Å². The van der Waals surface area contributed by atoms with Crippen LogP contribution in [0, 0.1) is 0 Å². The quantitative estimate of drug-likeness (QED) is 0.619. The summed E-state index contributed by atoms with van der Waals surface area (Å²) in [5.74, 6) is -0.602. The molecule has 1 amide bonds. The summed E-state index contributed by atoms with van der Waals surface area (Å²) < 4.78 is 0. The van der Waals surface area contributed by atoms with E-state index in [-0.39, 0.29) is 17.3 Å². The van der Waals surface area contributed by atoms with Gasteiger partial charge in [-0.1, -0.05) is 0 Å². The van der Waals surface area contributed by atoms with Crippen LogP contribution in [0.2, 0.25) is 0 Å². The monoisotopic (exact) mass is 350 g/mol. The van der Waals surface area contributed by atoms with Crippen molar-refractivity contribution in [3.05, 3.63) is 48.0 Å². The normalized spacial score (nSPS) is 14.5. The van der Waals surface area contributed by atoms with Gasteiger partial charge >= 0.3 is 0 Å². The van der Waals surface area contributed by atoms with Crippen molar-refractivity contribution in [3.63, 3.8) is 0 Å². The van der Waals surface area contributed by atoms with E-state index >= 15 is 0 Å².